The number of ether oxygens (including phenoxy) is 1. The number of pyridine rings is 1. The fourth-order valence-electron chi connectivity index (χ4n) is 1.88. The minimum absolute atomic E-state index is 0.0981. The van der Waals surface area contributed by atoms with Crippen LogP contribution in [0.3, 0.4) is 0 Å². The Hall–Kier alpha value is -1.87. The molecule has 2 aromatic rings. The second-order valence-corrected chi connectivity index (χ2v) is 6.04. The molecule has 0 saturated carbocycles. The maximum atomic E-state index is 5.85. The second kappa shape index (κ2) is 5.63. The highest BCUT2D eigenvalue weighted by Gasteiger charge is 2.14. The number of hydrogen-bond donors (Lipinski definition) is 1. The number of aryl methyl sites for hydroxylation is 1. The van der Waals surface area contributed by atoms with E-state index < -0.39 is 0 Å². The predicted octanol–water partition coefficient (Wildman–Crippen LogP) is 3.94. The maximum Gasteiger partial charge on any atom is 0.219 e. The van der Waals surface area contributed by atoms with E-state index in [4.69, 9.17) is 10.5 Å². The van der Waals surface area contributed by atoms with E-state index >= 15 is 0 Å². The lowest BCUT2D eigenvalue weighted by Gasteiger charge is -2.18. The average molecular weight is 270 g/mol. The van der Waals surface area contributed by atoms with Crippen LogP contribution in [0.25, 0.3) is 0 Å². The monoisotopic (exact) mass is 270 g/mol. The van der Waals surface area contributed by atoms with Crippen molar-refractivity contribution in [3.05, 3.63) is 53.2 Å². The zero-order valence-corrected chi connectivity index (χ0v) is 12.6. The molecule has 3 nitrogen and oxygen atoms in total. The summed E-state index contributed by atoms with van der Waals surface area (Å²) in [5.41, 5.74) is 9.07. The molecule has 0 fully saturated rings. The van der Waals surface area contributed by atoms with Gasteiger partial charge in [0.15, 0.2) is 0 Å². The van der Waals surface area contributed by atoms with Crippen LogP contribution in [0.5, 0.6) is 11.6 Å². The summed E-state index contributed by atoms with van der Waals surface area (Å²) in [4.78, 5) is 4.38. The molecule has 0 saturated heterocycles. The van der Waals surface area contributed by atoms with Gasteiger partial charge < -0.3 is 10.5 Å². The van der Waals surface area contributed by atoms with Crippen molar-refractivity contribution in [1.82, 2.24) is 4.98 Å². The van der Waals surface area contributed by atoms with E-state index in [0.29, 0.717) is 12.4 Å². The Kier molecular flexibility index (Phi) is 4.09. The van der Waals surface area contributed by atoms with E-state index in [0.717, 1.165) is 16.9 Å². The molecule has 20 heavy (non-hydrogen) atoms. The standard InChI is InChI=1S/C17H22N2O/c1-12-5-6-13(10-18)9-15(12)20-16-8-7-14(11-19-16)17(2,3)4/h5-9,11H,10,18H2,1-4H3. The van der Waals surface area contributed by atoms with Crippen LogP contribution in [-0.4, -0.2) is 4.98 Å². The summed E-state index contributed by atoms with van der Waals surface area (Å²) < 4.78 is 5.85. The van der Waals surface area contributed by atoms with Gasteiger partial charge in [-0.15, -0.1) is 0 Å². The number of aromatic nitrogens is 1. The number of hydrogen-bond acceptors (Lipinski definition) is 3. The SMILES string of the molecule is Cc1ccc(CN)cc1Oc1ccc(C(C)(C)C)cn1. The van der Waals surface area contributed by atoms with Crippen LogP contribution in [0.15, 0.2) is 36.5 Å². The van der Waals surface area contributed by atoms with Crippen LogP contribution in [0.4, 0.5) is 0 Å². The van der Waals surface area contributed by atoms with Crippen molar-refractivity contribution in [2.75, 3.05) is 0 Å². The number of rotatable bonds is 3. The average Bonchev–Trinajstić information content (AvgIpc) is 2.41. The van der Waals surface area contributed by atoms with Crippen molar-refractivity contribution in [1.29, 1.82) is 0 Å². The molecule has 106 valence electrons. The van der Waals surface area contributed by atoms with Crippen LogP contribution in [0, 0.1) is 6.92 Å². The molecular weight excluding hydrogens is 248 g/mol. The van der Waals surface area contributed by atoms with Gasteiger partial charge in [-0.1, -0.05) is 39.0 Å². The quantitative estimate of drug-likeness (QED) is 0.919. The predicted molar refractivity (Wildman–Crippen MR) is 82.1 cm³/mol. The molecule has 0 atom stereocenters. The molecule has 0 unspecified atom stereocenters. The Morgan fingerprint density at radius 1 is 1.15 bits per heavy atom. The smallest absolute Gasteiger partial charge is 0.219 e. The van der Waals surface area contributed by atoms with Gasteiger partial charge in [0, 0.05) is 18.8 Å². The lowest BCUT2D eigenvalue weighted by molar-refractivity contribution is 0.457. The van der Waals surface area contributed by atoms with Gasteiger partial charge in [0.25, 0.3) is 0 Å². The minimum atomic E-state index is 0.0981. The molecule has 3 heteroatoms. The van der Waals surface area contributed by atoms with E-state index in [1.807, 2.05) is 37.4 Å². The van der Waals surface area contributed by atoms with Crippen molar-refractivity contribution in [2.24, 2.45) is 5.73 Å². The fraction of sp³-hybridized carbons (Fsp3) is 0.353. The van der Waals surface area contributed by atoms with Crippen LogP contribution < -0.4 is 10.5 Å². The second-order valence-electron chi connectivity index (χ2n) is 6.04. The van der Waals surface area contributed by atoms with E-state index in [2.05, 4.69) is 31.8 Å². The van der Waals surface area contributed by atoms with Crippen LogP contribution in [0.2, 0.25) is 0 Å². The van der Waals surface area contributed by atoms with E-state index in [1.54, 1.807) is 0 Å². The molecule has 0 bridgehead atoms. The Balaban J connectivity index is 2.22. The van der Waals surface area contributed by atoms with Crippen molar-refractivity contribution in [3.8, 4) is 11.6 Å². The van der Waals surface area contributed by atoms with Gasteiger partial charge in [0.1, 0.15) is 5.75 Å². The first kappa shape index (κ1) is 14.5. The van der Waals surface area contributed by atoms with Gasteiger partial charge >= 0.3 is 0 Å². The summed E-state index contributed by atoms with van der Waals surface area (Å²) in [7, 11) is 0. The Morgan fingerprint density at radius 2 is 1.90 bits per heavy atom. The van der Waals surface area contributed by atoms with E-state index in [-0.39, 0.29) is 5.41 Å². The summed E-state index contributed by atoms with van der Waals surface area (Å²) in [5.74, 6) is 1.42. The van der Waals surface area contributed by atoms with Gasteiger partial charge in [-0.05, 0) is 35.1 Å². The molecule has 0 aliphatic rings. The summed E-state index contributed by atoms with van der Waals surface area (Å²) in [6, 6.07) is 9.97. The lowest BCUT2D eigenvalue weighted by Crippen LogP contribution is -2.11. The molecule has 0 amide bonds. The number of benzene rings is 1. The van der Waals surface area contributed by atoms with E-state index in [9.17, 15) is 0 Å². The third-order valence-corrected chi connectivity index (χ3v) is 3.31. The summed E-state index contributed by atoms with van der Waals surface area (Å²) >= 11 is 0. The van der Waals surface area contributed by atoms with Gasteiger partial charge in [0.2, 0.25) is 5.88 Å². The maximum absolute atomic E-state index is 5.85. The third-order valence-electron chi connectivity index (χ3n) is 3.31. The zero-order valence-electron chi connectivity index (χ0n) is 12.6. The molecule has 2 rings (SSSR count). The topological polar surface area (TPSA) is 48.1 Å². The summed E-state index contributed by atoms with van der Waals surface area (Å²) in [6.45, 7) is 9.02. The first-order chi connectivity index (χ1) is 9.40. The van der Waals surface area contributed by atoms with E-state index in [1.165, 1.54) is 5.56 Å². The van der Waals surface area contributed by atoms with Gasteiger partial charge in [-0.25, -0.2) is 4.98 Å². The molecule has 0 aliphatic heterocycles. The zero-order chi connectivity index (χ0) is 14.8. The molecule has 0 spiro atoms. The number of nitrogens with zero attached hydrogens (tertiary/aromatic N) is 1. The largest absolute Gasteiger partial charge is 0.439 e. The molecule has 1 aromatic carbocycles. The van der Waals surface area contributed by atoms with Crippen LogP contribution in [0.1, 0.15) is 37.5 Å². The van der Waals surface area contributed by atoms with Crippen molar-refractivity contribution < 1.29 is 4.74 Å². The molecular formula is C17H22N2O. The Bertz CT molecular complexity index is 583. The van der Waals surface area contributed by atoms with Crippen LogP contribution in [-0.2, 0) is 12.0 Å². The van der Waals surface area contributed by atoms with Gasteiger partial charge in [0.05, 0.1) is 0 Å². The van der Waals surface area contributed by atoms with Crippen molar-refractivity contribution in [2.45, 2.75) is 39.7 Å². The highest BCUT2D eigenvalue weighted by molar-refractivity contribution is 5.39. The molecule has 2 N–H and O–H groups in total. The Morgan fingerprint density at radius 3 is 2.45 bits per heavy atom. The highest BCUT2D eigenvalue weighted by Crippen LogP contribution is 2.27. The molecule has 1 heterocycles. The first-order valence-electron chi connectivity index (χ1n) is 6.84. The molecule has 1 aromatic heterocycles. The highest BCUT2D eigenvalue weighted by atomic mass is 16.5. The third kappa shape index (κ3) is 3.36. The summed E-state index contributed by atoms with van der Waals surface area (Å²) in [6.07, 6.45) is 1.87. The van der Waals surface area contributed by atoms with Crippen molar-refractivity contribution >= 4 is 0 Å². The van der Waals surface area contributed by atoms with Crippen LogP contribution >= 0.6 is 0 Å². The summed E-state index contributed by atoms with van der Waals surface area (Å²) in [5, 5.41) is 0. The minimum Gasteiger partial charge on any atom is -0.439 e. The fourth-order valence-corrected chi connectivity index (χ4v) is 1.88. The molecule has 0 aliphatic carbocycles. The Labute approximate surface area is 120 Å². The van der Waals surface area contributed by atoms with Crippen molar-refractivity contribution in [3.63, 3.8) is 0 Å². The normalized spacial score (nSPS) is 11.4. The molecule has 0 radical (unpaired) electrons. The van der Waals surface area contributed by atoms with Gasteiger partial charge in [-0.3, -0.25) is 0 Å². The first-order valence-corrected chi connectivity index (χ1v) is 6.84. The lowest BCUT2D eigenvalue weighted by atomic mass is 9.88. The number of nitrogens with two attached hydrogens (primary N) is 1. The van der Waals surface area contributed by atoms with Gasteiger partial charge in [-0.2, -0.15) is 0 Å².